The third kappa shape index (κ3) is 3.17. The molecule has 3 heteroatoms. The first-order valence-electron chi connectivity index (χ1n) is 6.32. The van der Waals surface area contributed by atoms with Gasteiger partial charge in [-0.05, 0) is 24.6 Å². The Balaban J connectivity index is 2.11. The van der Waals surface area contributed by atoms with E-state index in [1.807, 2.05) is 6.92 Å². The Kier molecular flexibility index (Phi) is 4.00. The molecule has 0 spiro atoms. The molecule has 2 nitrogen and oxygen atoms in total. The minimum Gasteiger partial charge on any atom is -0.369 e. The van der Waals surface area contributed by atoms with E-state index in [0.717, 1.165) is 13.1 Å². The molecule has 2 rings (SSSR count). The zero-order valence-electron chi connectivity index (χ0n) is 10.9. The lowest BCUT2D eigenvalue weighted by Gasteiger charge is -2.36. The lowest BCUT2D eigenvalue weighted by atomic mass is 10.1. The summed E-state index contributed by atoms with van der Waals surface area (Å²) in [6, 6.07) is 8.83. The van der Waals surface area contributed by atoms with Crippen molar-refractivity contribution in [1.29, 1.82) is 0 Å². The second-order valence-electron chi connectivity index (χ2n) is 5.04. The number of hydrogen-bond donors (Lipinski definition) is 1. The summed E-state index contributed by atoms with van der Waals surface area (Å²) < 4.78 is 0. The van der Waals surface area contributed by atoms with Crippen LogP contribution in [0.25, 0.3) is 0 Å². The fourth-order valence-corrected chi connectivity index (χ4v) is 3.70. The quantitative estimate of drug-likeness (QED) is 0.875. The molecule has 1 aliphatic rings. The van der Waals surface area contributed by atoms with Crippen molar-refractivity contribution in [3.05, 3.63) is 29.8 Å². The van der Waals surface area contributed by atoms with Gasteiger partial charge in [0.15, 0.2) is 0 Å². The monoisotopic (exact) mass is 250 g/mol. The molecule has 0 radical (unpaired) electrons. The standard InChI is InChI=1S/C14H22N2S/c1-10-8-16(9-11(2)17-10)14-6-4-13(5-7-14)12(3)15/h4-7,10-12H,8-9,15H2,1-3H3/t10?,11?,12-/m0/s1. The van der Waals surface area contributed by atoms with Gasteiger partial charge in [0.25, 0.3) is 0 Å². The van der Waals surface area contributed by atoms with Crippen LogP contribution in [0.2, 0.25) is 0 Å². The van der Waals surface area contributed by atoms with Gasteiger partial charge >= 0.3 is 0 Å². The summed E-state index contributed by atoms with van der Waals surface area (Å²) in [5.41, 5.74) is 8.41. The van der Waals surface area contributed by atoms with Crippen molar-refractivity contribution in [3.8, 4) is 0 Å². The van der Waals surface area contributed by atoms with Gasteiger partial charge in [-0.15, -0.1) is 0 Å². The summed E-state index contributed by atoms with van der Waals surface area (Å²) in [7, 11) is 0. The molecule has 2 unspecified atom stereocenters. The SMILES string of the molecule is CC1CN(c2ccc([C@H](C)N)cc2)CC(C)S1. The molecule has 94 valence electrons. The lowest BCUT2D eigenvalue weighted by molar-refractivity contribution is 0.727. The summed E-state index contributed by atoms with van der Waals surface area (Å²) >= 11 is 2.09. The number of rotatable bonds is 2. The molecule has 1 aliphatic heterocycles. The molecule has 1 saturated heterocycles. The highest BCUT2D eigenvalue weighted by molar-refractivity contribution is 8.00. The van der Waals surface area contributed by atoms with E-state index in [1.165, 1.54) is 11.3 Å². The summed E-state index contributed by atoms with van der Waals surface area (Å²) in [5, 5.41) is 1.43. The largest absolute Gasteiger partial charge is 0.369 e. The summed E-state index contributed by atoms with van der Waals surface area (Å²) in [6.07, 6.45) is 0. The highest BCUT2D eigenvalue weighted by Gasteiger charge is 2.22. The van der Waals surface area contributed by atoms with E-state index in [2.05, 4.69) is 54.8 Å². The number of thioether (sulfide) groups is 1. The second-order valence-corrected chi connectivity index (χ2v) is 6.92. The third-order valence-corrected chi connectivity index (χ3v) is 4.43. The van der Waals surface area contributed by atoms with Crippen LogP contribution in [0, 0.1) is 0 Å². The van der Waals surface area contributed by atoms with E-state index < -0.39 is 0 Å². The normalized spacial score (nSPS) is 26.9. The zero-order chi connectivity index (χ0) is 12.4. The molecule has 17 heavy (non-hydrogen) atoms. The molecule has 1 aromatic carbocycles. The molecular weight excluding hydrogens is 228 g/mol. The molecule has 2 N–H and O–H groups in total. The zero-order valence-corrected chi connectivity index (χ0v) is 11.7. The Bertz CT molecular complexity index is 351. The van der Waals surface area contributed by atoms with Gasteiger partial charge in [-0.25, -0.2) is 0 Å². The van der Waals surface area contributed by atoms with Gasteiger partial charge in [-0.1, -0.05) is 26.0 Å². The molecule has 1 aromatic rings. The van der Waals surface area contributed by atoms with Crippen LogP contribution in [0.3, 0.4) is 0 Å². The van der Waals surface area contributed by atoms with Gasteiger partial charge < -0.3 is 10.6 Å². The van der Waals surface area contributed by atoms with Gasteiger partial charge in [0.2, 0.25) is 0 Å². The van der Waals surface area contributed by atoms with E-state index in [0.29, 0.717) is 10.5 Å². The fraction of sp³-hybridized carbons (Fsp3) is 0.571. The third-order valence-electron chi connectivity index (χ3n) is 3.20. The molecule has 0 saturated carbocycles. The van der Waals surface area contributed by atoms with Crippen molar-refractivity contribution in [2.24, 2.45) is 5.73 Å². The van der Waals surface area contributed by atoms with Crippen LogP contribution in [0.15, 0.2) is 24.3 Å². The summed E-state index contributed by atoms with van der Waals surface area (Å²) in [6.45, 7) is 8.93. The van der Waals surface area contributed by atoms with Crippen LogP contribution in [-0.2, 0) is 0 Å². The average molecular weight is 250 g/mol. The van der Waals surface area contributed by atoms with Gasteiger partial charge in [0.05, 0.1) is 0 Å². The summed E-state index contributed by atoms with van der Waals surface area (Å²) in [4.78, 5) is 2.48. The molecule has 1 heterocycles. The van der Waals surface area contributed by atoms with Crippen LogP contribution in [-0.4, -0.2) is 23.6 Å². The molecular formula is C14H22N2S. The first kappa shape index (κ1) is 12.8. The maximum atomic E-state index is 5.87. The van der Waals surface area contributed by atoms with E-state index in [-0.39, 0.29) is 6.04 Å². The van der Waals surface area contributed by atoms with Gasteiger partial charge in [-0.2, -0.15) is 11.8 Å². The second kappa shape index (κ2) is 5.32. The van der Waals surface area contributed by atoms with Crippen molar-refractivity contribution in [1.82, 2.24) is 0 Å². The lowest BCUT2D eigenvalue weighted by Crippen LogP contribution is -2.40. The van der Waals surface area contributed by atoms with Crippen molar-refractivity contribution in [2.45, 2.75) is 37.3 Å². The minimum absolute atomic E-state index is 0.124. The molecule has 0 amide bonds. The van der Waals surface area contributed by atoms with Crippen LogP contribution in [0.5, 0.6) is 0 Å². The van der Waals surface area contributed by atoms with Crippen molar-refractivity contribution in [3.63, 3.8) is 0 Å². The highest BCUT2D eigenvalue weighted by Crippen LogP contribution is 2.28. The summed E-state index contributed by atoms with van der Waals surface area (Å²) in [5.74, 6) is 0. The number of benzene rings is 1. The number of nitrogens with zero attached hydrogens (tertiary/aromatic N) is 1. The smallest absolute Gasteiger partial charge is 0.0367 e. The van der Waals surface area contributed by atoms with Crippen molar-refractivity contribution >= 4 is 17.4 Å². The van der Waals surface area contributed by atoms with Crippen LogP contribution in [0.4, 0.5) is 5.69 Å². The molecule has 1 fully saturated rings. The highest BCUT2D eigenvalue weighted by atomic mass is 32.2. The van der Waals surface area contributed by atoms with Gasteiger partial charge in [0.1, 0.15) is 0 Å². The van der Waals surface area contributed by atoms with Crippen LogP contribution in [0.1, 0.15) is 32.4 Å². The van der Waals surface area contributed by atoms with Crippen molar-refractivity contribution < 1.29 is 0 Å². The van der Waals surface area contributed by atoms with Crippen molar-refractivity contribution in [2.75, 3.05) is 18.0 Å². The number of nitrogens with two attached hydrogens (primary N) is 1. The first-order valence-corrected chi connectivity index (χ1v) is 7.26. The van der Waals surface area contributed by atoms with E-state index >= 15 is 0 Å². The Hall–Kier alpha value is -0.670. The van der Waals surface area contributed by atoms with Gasteiger partial charge in [-0.3, -0.25) is 0 Å². The molecule has 0 bridgehead atoms. The Morgan fingerprint density at radius 1 is 1.18 bits per heavy atom. The van der Waals surface area contributed by atoms with Crippen LogP contribution < -0.4 is 10.6 Å². The maximum absolute atomic E-state index is 5.87. The van der Waals surface area contributed by atoms with Crippen LogP contribution >= 0.6 is 11.8 Å². The Morgan fingerprint density at radius 3 is 2.18 bits per heavy atom. The number of hydrogen-bond acceptors (Lipinski definition) is 3. The molecule has 3 atom stereocenters. The fourth-order valence-electron chi connectivity index (χ4n) is 2.38. The molecule has 0 aromatic heterocycles. The van der Waals surface area contributed by atoms with E-state index in [1.54, 1.807) is 0 Å². The topological polar surface area (TPSA) is 29.3 Å². The predicted molar refractivity (Wildman–Crippen MR) is 77.8 cm³/mol. The average Bonchev–Trinajstić information content (AvgIpc) is 2.28. The van der Waals surface area contributed by atoms with E-state index in [4.69, 9.17) is 5.73 Å². The Morgan fingerprint density at radius 2 is 1.71 bits per heavy atom. The first-order chi connectivity index (χ1) is 8.06. The predicted octanol–water partition coefficient (Wildman–Crippen LogP) is 3.04. The van der Waals surface area contributed by atoms with Gasteiger partial charge in [0, 0.05) is 35.3 Å². The van der Waals surface area contributed by atoms with E-state index in [9.17, 15) is 0 Å². The number of anilines is 1. The molecule has 0 aliphatic carbocycles. The maximum Gasteiger partial charge on any atom is 0.0367 e. The Labute approximate surface area is 109 Å². The minimum atomic E-state index is 0.124.